The molecule has 29 heteroatoms. The topological polar surface area (TPSA) is 254 Å². The van der Waals surface area contributed by atoms with Crippen molar-refractivity contribution in [3.63, 3.8) is 0 Å². The van der Waals surface area contributed by atoms with Crippen LogP contribution in [0.5, 0.6) is 23.0 Å². The van der Waals surface area contributed by atoms with Crippen molar-refractivity contribution in [2.45, 2.75) is 220 Å². The molecule has 24 nitrogen and oxygen atoms in total. The maximum absolute atomic E-state index is 11.8. The van der Waals surface area contributed by atoms with Gasteiger partial charge < -0.3 is 44.2 Å². The molecule has 2 N–H and O–H groups in total. The Morgan fingerprint density at radius 2 is 0.775 bits per heavy atom. The van der Waals surface area contributed by atoms with Crippen molar-refractivity contribution in [3.8, 4) is 23.0 Å². The van der Waals surface area contributed by atoms with Crippen molar-refractivity contribution in [3.05, 3.63) is 187 Å². The molecule has 3 unspecified atom stereocenters. The summed E-state index contributed by atoms with van der Waals surface area (Å²) in [7, 11) is -3.14. The van der Waals surface area contributed by atoms with Crippen LogP contribution in [0.3, 0.4) is 0 Å². The Morgan fingerprint density at radius 1 is 0.417 bits per heavy atom. The number of carbonyl (C=O) groups excluding carboxylic acids is 2. The Morgan fingerprint density at radius 3 is 1.09 bits per heavy atom. The largest absolute Gasteiger partial charge is 0.506 e. The van der Waals surface area contributed by atoms with E-state index in [-0.39, 0.29) is 35.1 Å². The number of aldehydes is 2. The standard InChI is InChI=1S/C24H34ClN5O3S.C24H33ClN4O.C18H20ClN3O2.C12H19N3.C7H5ClO2.C6H13N/c1-4-19-14-26-24(27-15-19)28-9-7-21(8-10-28)33-23-6-5-20(13-22(23)25)17-29-11-12-30(16-18(29)2)34(3,31)32;1-3-19-15-26-24(27-16-19)28-12-9-21(10-13-28)30-23-8-7-20(14-22(23)25)17-29-11-5-4-6-18(29)2;1-2-13-10-20-18(21-11-13)22-7-5-15(6-8-22)24-17-4-3-14(12-23)9-16(17)19;1-3-11-8-13-12(14-9-11)15-6-4-10(2)5-7-15;8-6-3-5(4-9)1-2-7(6)10;1-6-4-2-3-5-7-6/h5-6,13-15,18,21H,4,7-12,16-17H2,1-3H3;7-8,14-16,18,21H,3-6,9-13,17H2,1-2H3;3-4,9-12,15H,2,5-8H2,1H3;8-10H,3-7H2,1-2H3;1-4,10H;6-7H,2-5H2,1H3. The summed E-state index contributed by atoms with van der Waals surface area (Å²) in [6.45, 7) is 30.6. The van der Waals surface area contributed by atoms with Gasteiger partial charge in [0.2, 0.25) is 33.8 Å². The number of aromatic nitrogens is 8. The number of rotatable bonds is 21. The summed E-state index contributed by atoms with van der Waals surface area (Å²) in [5.41, 5.74) is 8.05. The van der Waals surface area contributed by atoms with E-state index in [0.29, 0.717) is 64.6 Å². The van der Waals surface area contributed by atoms with Crippen LogP contribution >= 0.6 is 46.4 Å². The molecule has 0 aliphatic carbocycles. The van der Waals surface area contributed by atoms with E-state index in [1.54, 1.807) is 22.5 Å². The molecule has 3 atom stereocenters. The third-order valence-electron chi connectivity index (χ3n) is 23.2. The zero-order chi connectivity index (χ0) is 85.5. The van der Waals surface area contributed by atoms with Gasteiger partial charge in [0.15, 0.2) is 0 Å². The number of sulfonamides is 1. The summed E-state index contributed by atoms with van der Waals surface area (Å²) >= 11 is 24.8. The molecule has 7 aliphatic rings. The van der Waals surface area contributed by atoms with E-state index in [9.17, 15) is 18.0 Å². The molecule has 4 aromatic heterocycles. The number of aromatic hydroxyl groups is 1. The van der Waals surface area contributed by atoms with Gasteiger partial charge in [0.05, 0.1) is 26.3 Å². The molecule has 7 saturated heterocycles. The quantitative estimate of drug-likeness (QED) is 0.0634. The third kappa shape index (κ3) is 29.6. The summed E-state index contributed by atoms with van der Waals surface area (Å²) in [4.78, 5) is 70.3. The predicted molar refractivity (Wildman–Crippen MR) is 483 cm³/mol. The Kier molecular flexibility index (Phi) is 37.7. The molecule has 4 aromatic carbocycles. The van der Waals surface area contributed by atoms with E-state index in [1.165, 1.54) is 106 Å². The van der Waals surface area contributed by atoms with Gasteiger partial charge in [0, 0.05) is 202 Å². The van der Waals surface area contributed by atoms with Crippen molar-refractivity contribution >= 4 is 92.8 Å². The maximum Gasteiger partial charge on any atom is 0.225 e. The first-order valence-corrected chi connectivity index (χ1v) is 46.5. The van der Waals surface area contributed by atoms with E-state index in [1.807, 2.05) is 67.8 Å². The molecule has 8 aromatic rings. The molecule has 0 radical (unpaired) electrons. The molecule has 120 heavy (non-hydrogen) atoms. The first-order chi connectivity index (χ1) is 58.0. The minimum Gasteiger partial charge on any atom is -0.506 e. The molecule has 0 amide bonds. The van der Waals surface area contributed by atoms with Crippen LogP contribution < -0.4 is 39.1 Å². The third-order valence-corrected chi connectivity index (χ3v) is 25.6. The van der Waals surface area contributed by atoms with Gasteiger partial charge >= 0.3 is 0 Å². The number of piperazine rings is 1. The summed E-state index contributed by atoms with van der Waals surface area (Å²) in [5.74, 6) is 6.27. The van der Waals surface area contributed by atoms with Crippen molar-refractivity contribution in [1.82, 2.24) is 59.3 Å². The second-order valence-corrected chi connectivity index (χ2v) is 35.9. The minimum atomic E-state index is -3.14. The monoisotopic (exact) mass is 1740 g/mol. The molecule has 7 aliphatic heterocycles. The Bertz CT molecular complexity index is 4540. The number of nitrogens with one attached hydrogen (secondary N) is 1. The highest BCUT2D eigenvalue weighted by Crippen LogP contribution is 2.35. The van der Waals surface area contributed by atoms with Crippen LogP contribution in [0.1, 0.15) is 199 Å². The zero-order valence-corrected chi connectivity index (χ0v) is 75.4. The fraction of sp³-hybridized carbons (Fsp3) is 0.538. The van der Waals surface area contributed by atoms with Gasteiger partial charge in [0.1, 0.15) is 53.9 Å². The van der Waals surface area contributed by atoms with E-state index < -0.39 is 10.0 Å². The number of piperidine rings is 6. The van der Waals surface area contributed by atoms with Crippen LogP contribution in [0.4, 0.5) is 23.8 Å². The molecule has 0 bridgehead atoms. The molecule has 7 fully saturated rings. The van der Waals surface area contributed by atoms with Crippen molar-refractivity contribution in [1.29, 1.82) is 0 Å². The number of carbonyl (C=O) groups is 2. The summed E-state index contributed by atoms with van der Waals surface area (Å²) < 4.78 is 43.7. The van der Waals surface area contributed by atoms with Gasteiger partial charge in [0.25, 0.3) is 0 Å². The van der Waals surface area contributed by atoms with Gasteiger partial charge in [-0.25, -0.2) is 48.3 Å². The average Bonchev–Trinajstić information content (AvgIpc) is 0.741. The number of benzene rings is 4. The van der Waals surface area contributed by atoms with Crippen molar-refractivity contribution < 1.29 is 37.3 Å². The average molecular weight is 1740 g/mol. The first kappa shape index (κ1) is 94.1. The maximum atomic E-state index is 11.8. The summed E-state index contributed by atoms with van der Waals surface area (Å²) in [6, 6.07) is 23.2. The van der Waals surface area contributed by atoms with E-state index in [4.69, 9.17) is 65.7 Å². The lowest BCUT2D eigenvalue weighted by Gasteiger charge is -2.38. The molecule has 650 valence electrons. The number of hydrogen-bond acceptors (Lipinski definition) is 23. The molecular formula is C91H124Cl4N16O8S. The van der Waals surface area contributed by atoms with Crippen molar-refractivity contribution in [2.24, 2.45) is 5.92 Å². The van der Waals surface area contributed by atoms with Gasteiger partial charge in [-0.15, -0.1) is 0 Å². The second-order valence-electron chi connectivity index (χ2n) is 32.3. The number of phenols is 1. The number of hydrogen-bond donors (Lipinski definition) is 2. The predicted octanol–water partition coefficient (Wildman–Crippen LogP) is 17.2. The van der Waals surface area contributed by atoms with Crippen LogP contribution in [-0.4, -0.2) is 208 Å². The van der Waals surface area contributed by atoms with Crippen LogP contribution in [0.25, 0.3) is 0 Å². The number of ether oxygens (including phenoxy) is 3. The first-order valence-electron chi connectivity index (χ1n) is 43.1. The summed E-state index contributed by atoms with van der Waals surface area (Å²) in [6.07, 6.45) is 38.4. The SMILES string of the molecule is CC1CCCCN1.CCc1cnc(N2CCC(C)CC2)nc1.CCc1cnc(N2CCC(Oc3ccc(C=O)cc3Cl)CC2)nc1.CCc1cnc(N2CCC(Oc3ccc(CN4CCCCC4C)cc3Cl)CC2)nc1.CCc1cnc(N2CCC(Oc3ccc(CN4CCN(S(C)(=O)=O)CC4C)cc3Cl)CC2)nc1.O=Cc1ccc(O)c(Cl)c1. The highest BCUT2D eigenvalue weighted by atomic mass is 35.5. The number of likely N-dealkylation sites (tertiary alicyclic amines) is 1. The highest BCUT2D eigenvalue weighted by molar-refractivity contribution is 7.88. The fourth-order valence-corrected chi connectivity index (χ4v) is 17.0. The van der Waals surface area contributed by atoms with Crippen molar-refractivity contribution in [2.75, 3.05) is 111 Å². The van der Waals surface area contributed by atoms with Gasteiger partial charge in [-0.1, -0.05) is 106 Å². The molecule has 0 spiro atoms. The highest BCUT2D eigenvalue weighted by Gasteiger charge is 2.31. The van der Waals surface area contributed by atoms with Crippen LogP contribution in [0.2, 0.25) is 20.1 Å². The van der Waals surface area contributed by atoms with E-state index in [0.717, 1.165) is 199 Å². The van der Waals surface area contributed by atoms with Crippen LogP contribution in [0, 0.1) is 5.92 Å². The summed E-state index contributed by atoms with van der Waals surface area (Å²) in [5, 5.41) is 14.3. The lowest BCUT2D eigenvalue weighted by Crippen LogP contribution is -2.52. The minimum absolute atomic E-state index is 0.00716. The smallest absolute Gasteiger partial charge is 0.225 e. The molecular weight excluding hydrogens is 1620 g/mol. The molecule has 0 saturated carbocycles. The zero-order valence-electron chi connectivity index (χ0n) is 71.5. The number of anilines is 4. The van der Waals surface area contributed by atoms with Gasteiger partial charge in [-0.3, -0.25) is 19.4 Å². The van der Waals surface area contributed by atoms with Crippen LogP contribution in [0.15, 0.2) is 122 Å². The lowest BCUT2D eigenvalue weighted by molar-refractivity contribution is 0.111. The number of halogens is 4. The van der Waals surface area contributed by atoms with E-state index >= 15 is 0 Å². The van der Waals surface area contributed by atoms with Gasteiger partial charge in [-0.05, 0) is 198 Å². The normalized spacial score (nSPS) is 19.3. The lowest BCUT2D eigenvalue weighted by atomic mass is 10.00. The second kappa shape index (κ2) is 48.1. The van der Waals surface area contributed by atoms with E-state index in [2.05, 4.69) is 148 Å². The van der Waals surface area contributed by atoms with Crippen LogP contribution in [-0.2, 0) is 48.8 Å². The Labute approximate surface area is 731 Å². The van der Waals surface area contributed by atoms with Gasteiger partial charge in [-0.2, -0.15) is 4.31 Å². The Balaban J connectivity index is 0.000000161. The Hall–Kier alpha value is -8.11. The number of aryl methyl sites for hydroxylation is 4. The fourth-order valence-electron chi connectivity index (χ4n) is 15.2. The number of phenolic OH excluding ortho intramolecular Hbond substituents is 1. The number of nitrogens with zero attached hydrogens (tertiary/aromatic N) is 15. The molecule has 11 heterocycles. The molecule has 15 rings (SSSR count).